The van der Waals surface area contributed by atoms with Crippen molar-refractivity contribution in [3.63, 3.8) is 0 Å². The molecule has 198 valence electrons. The number of carbonyl (C=O) groups is 2. The molecule has 0 aliphatic heterocycles. The first-order chi connectivity index (χ1) is 17.1. The molecule has 0 aliphatic carbocycles. The van der Waals surface area contributed by atoms with E-state index in [0.717, 1.165) is 22.9 Å². The number of amides is 1. The molecule has 2 N–H and O–H groups in total. The highest BCUT2D eigenvalue weighted by Gasteiger charge is 2.23. The zero-order valence-electron chi connectivity index (χ0n) is 22.1. The number of rotatable bonds is 7. The molecule has 1 aromatic heterocycles. The van der Waals surface area contributed by atoms with E-state index in [1.165, 1.54) is 25.1 Å². The van der Waals surface area contributed by atoms with Gasteiger partial charge in [0.1, 0.15) is 0 Å². The summed E-state index contributed by atoms with van der Waals surface area (Å²) >= 11 is 0. The van der Waals surface area contributed by atoms with Gasteiger partial charge in [0.2, 0.25) is 10.0 Å². The van der Waals surface area contributed by atoms with Gasteiger partial charge < -0.3 is 14.8 Å². The van der Waals surface area contributed by atoms with Crippen molar-refractivity contribution in [1.82, 2.24) is 15.0 Å². The van der Waals surface area contributed by atoms with E-state index in [9.17, 15) is 18.0 Å². The van der Waals surface area contributed by atoms with Crippen LogP contribution in [0.1, 0.15) is 58.3 Å². The molecule has 3 rings (SSSR count). The van der Waals surface area contributed by atoms with Gasteiger partial charge in [0.15, 0.2) is 11.4 Å². The van der Waals surface area contributed by atoms with Crippen molar-refractivity contribution in [3.8, 4) is 11.4 Å². The van der Waals surface area contributed by atoms with Gasteiger partial charge in [0.05, 0.1) is 43.7 Å². The molecule has 0 bridgehead atoms. The van der Waals surface area contributed by atoms with E-state index in [1.807, 2.05) is 34.6 Å². The summed E-state index contributed by atoms with van der Waals surface area (Å²) in [6, 6.07) is 6.80. The average Bonchev–Trinajstić information content (AvgIpc) is 3.28. The van der Waals surface area contributed by atoms with Gasteiger partial charge in [-0.05, 0) is 60.2 Å². The minimum absolute atomic E-state index is 0.0315. The van der Waals surface area contributed by atoms with E-state index < -0.39 is 21.9 Å². The van der Waals surface area contributed by atoms with Crippen molar-refractivity contribution >= 4 is 33.3 Å². The van der Waals surface area contributed by atoms with Gasteiger partial charge >= 0.3 is 5.97 Å². The molecule has 2 aromatic carbocycles. The van der Waals surface area contributed by atoms with Crippen molar-refractivity contribution in [3.05, 3.63) is 58.4 Å². The molecule has 0 atom stereocenters. The number of hydrogen-bond donors (Lipinski definition) is 2. The van der Waals surface area contributed by atoms with Gasteiger partial charge in [-0.3, -0.25) is 9.52 Å². The topological polar surface area (TPSA) is 142 Å². The number of ether oxygens (including phenoxy) is 2. The Morgan fingerprint density at radius 3 is 2.24 bits per heavy atom. The number of aryl methyl sites for hydroxylation is 1. The van der Waals surface area contributed by atoms with E-state index in [1.54, 1.807) is 24.3 Å². The number of methoxy groups -OCH3 is 2. The largest absolute Gasteiger partial charge is 0.492 e. The smallest absolute Gasteiger partial charge is 0.360 e. The molecular formula is C25H31N5O6S. The van der Waals surface area contributed by atoms with Crippen LogP contribution in [0.25, 0.3) is 5.69 Å². The molecule has 1 amide bonds. The first-order valence-electron chi connectivity index (χ1n) is 11.3. The maximum absolute atomic E-state index is 13.4. The fraction of sp³-hybridized carbons (Fsp3) is 0.360. The average molecular weight is 530 g/mol. The van der Waals surface area contributed by atoms with Crippen molar-refractivity contribution < 1.29 is 27.5 Å². The normalized spacial score (nSPS) is 11.7. The lowest BCUT2D eigenvalue weighted by atomic mass is 9.86. The van der Waals surface area contributed by atoms with Crippen molar-refractivity contribution in [2.45, 2.75) is 40.0 Å². The second kappa shape index (κ2) is 10.2. The third-order valence-corrected chi connectivity index (χ3v) is 6.33. The predicted molar refractivity (Wildman–Crippen MR) is 140 cm³/mol. The second-order valence-corrected chi connectivity index (χ2v) is 11.4. The zero-order valence-corrected chi connectivity index (χ0v) is 22.9. The van der Waals surface area contributed by atoms with E-state index in [0.29, 0.717) is 16.9 Å². The fourth-order valence-electron chi connectivity index (χ4n) is 3.63. The van der Waals surface area contributed by atoms with Crippen molar-refractivity contribution in [1.29, 1.82) is 0 Å². The number of nitrogens with one attached hydrogen (secondary N) is 2. The van der Waals surface area contributed by atoms with Crippen LogP contribution in [0.5, 0.6) is 5.75 Å². The number of aromatic nitrogens is 3. The van der Waals surface area contributed by atoms with Crippen LogP contribution in [0, 0.1) is 13.8 Å². The summed E-state index contributed by atoms with van der Waals surface area (Å²) < 4.78 is 38.0. The summed E-state index contributed by atoms with van der Waals surface area (Å²) in [5, 5.41) is 10.7. The number of sulfonamides is 1. The molecule has 3 aromatic rings. The standard InChI is InChI=1S/C25H31N5O6S/c1-14-9-16(10-21(15(14)2)30-13-20(27-29-30)24(32)36-7)23(31)26-18-11-17(25(3,4)5)12-19(22(18)35-6)28-37(8,33)34/h9-13,28H,1-8H3,(H,26,31). The van der Waals surface area contributed by atoms with Crippen LogP contribution in [-0.2, 0) is 20.2 Å². The van der Waals surface area contributed by atoms with Gasteiger partial charge in [-0.15, -0.1) is 5.10 Å². The third-order valence-electron chi connectivity index (χ3n) is 5.74. The van der Waals surface area contributed by atoms with E-state index >= 15 is 0 Å². The van der Waals surface area contributed by atoms with Crippen molar-refractivity contribution in [2.75, 3.05) is 30.5 Å². The van der Waals surface area contributed by atoms with E-state index in [4.69, 9.17) is 4.74 Å². The molecule has 0 fully saturated rings. The van der Waals surface area contributed by atoms with Gasteiger partial charge in [0, 0.05) is 5.56 Å². The molecule has 12 heteroatoms. The molecule has 0 radical (unpaired) electrons. The van der Waals surface area contributed by atoms with Crippen LogP contribution in [0.3, 0.4) is 0 Å². The minimum Gasteiger partial charge on any atom is -0.492 e. The van der Waals surface area contributed by atoms with Crippen molar-refractivity contribution in [2.24, 2.45) is 0 Å². The van der Waals surface area contributed by atoms with Crippen LogP contribution in [0.15, 0.2) is 30.5 Å². The first kappa shape index (κ1) is 27.7. The summed E-state index contributed by atoms with van der Waals surface area (Å²) in [4.78, 5) is 25.2. The summed E-state index contributed by atoms with van der Waals surface area (Å²) in [5.41, 5.74) is 3.51. The number of carbonyl (C=O) groups excluding carboxylic acids is 2. The van der Waals surface area contributed by atoms with E-state index in [-0.39, 0.29) is 22.5 Å². The Hall–Kier alpha value is -3.93. The summed E-state index contributed by atoms with van der Waals surface area (Å²) in [6.07, 6.45) is 2.47. The molecule has 0 saturated carbocycles. The van der Waals surface area contributed by atoms with Crippen LogP contribution in [0.2, 0.25) is 0 Å². The molecule has 37 heavy (non-hydrogen) atoms. The highest BCUT2D eigenvalue weighted by atomic mass is 32.2. The first-order valence-corrected chi connectivity index (χ1v) is 13.2. The maximum atomic E-state index is 13.4. The van der Waals surface area contributed by atoms with Gasteiger partial charge in [0.25, 0.3) is 5.91 Å². The van der Waals surface area contributed by atoms with Crippen LogP contribution in [-0.4, -0.2) is 55.8 Å². The zero-order chi connectivity index (χ0) is 27.7. The Balaban J connectivity index is 2.08. The maximum Gasteiger partial charge on any atom is 0.360 e. The minimum atomic E-state index is -3.61. The quantitative estimate of drug-likeness (QED) is 0.442. The highest BCUT2D eigenvalue weighted by Crippen LogP contribution is 2.39. The molecule has 0 saturated heterocycles. The van der Waals surface area contributed by atoms with Gasteiger partial charge in [-0.2, -0.15) is 0 Å². The lowest BCUT2D eigenvalue weighted by Gasteiger charge is -2.24. The lowest BCUT2D eigenvalue weighted by Crippen LogP contribution is -2.18. The third kappa shape index (κ3) is 6.26. The Morgan fingerprint density at radius 2 is 1.68 bits per heavy atom. The molecule has 0 unspecified atom stereocenters. The molecular weight excluding hydrogens is 498 g/mol. The molecule has 11 nitrogen and oxygen atoms in total. The van der Waals surface area contributed by atoms with Gasteiger partial charge in [-0.1, -0.05) is 26.0 Å². The number of benzene rings is 2. The lowest BCUT2D eigenvalue weighted by molar-refractivity contribution is 0.0593. The molecule has 0 spiro atoms. The fourth-order valence-corrected chi connectivity index (χ4v) is 4.19. The monoisotopic (exact) mass is 529 g/mol. The number of anilines is 2. The molecule has 1 heterocycles. The summed E-state index contributed by atoms with van der Waals surface area (Å²) in [5.74, 6) is -0.902. The van der Waals surface area contributed by atoms with Crippen LogP contribution < -0.4 is 14.8 Å². The highest BCUT2D eigenvalue weighted by molar-refractivity contribution is 7.92. The number of nitrogens with zero attached hydrogens (tertiary/aromatic N) is 3. The van der Waals surface area contributed by atoms with Crippen LogP contribution in [0.4, 0.5) is 11.4 Å². The predicted octanol–water partition coefficient (Wildman–Crippen LogP) is 3.60. The summed E-state index contributed by atoms with van der Waals surface area (Å²) in [6.45, 7) is 9.64. The Labute approximate surface area is 216 Å². The van der Waals surface area contributed by atoms with E-state index in [2.05, 4.69) is 25.1 Å². The van der Waals surface area contributed by atoms with Crippen LogP contribution >= 0.6 is 0 Å². The SMILES string of the molecule is COC(=O)c1cn(-c2cc(C(=O)Nc3cc(C(C)(C)C)cc(NS(C)(=O)=O)c3OC)cc(C)c2C)nn1. The number of hydrogen-bond acceptors (Lipinski definition) is 8. The molecule has 0 aliphatic rings. The second-order valence-electron chi connectivity index (χ2n) is 9.66. The Kier molecular flexibility index (Phi) is 7.63. The summed E-state index contributed by atoms with van der Waals surface area (Å²) in [7, 11) is -0.966. The Bertz CT molecular complexity index is 1470. The Morgan fingerprint density at radius 1 is 1.03 bits per heavy atom. The van der Waals surface area contributed by atoms with Gasteiger partial charge in [-0.25, -0.2) is 17.9 Å². The number of esters is 1.